The third-order valence-corrected chi connectivity index (χ3v) is 3.94. The number of morpholine rings is 1. The Hall–Kier alpha value is -1.34. The van der Waals surface area contributed by atoms with Crippen molar-refractivity contribution in [3.8, 4) is 0 Å². The molecule has 0 N–H and O–H groups in total. The highest BCUT2D eigenvalue weighted by atomic mass is 16.6. The third-order valence-electron chi connectivity index (χ3n) is 3.94. The predicted octanol–water partition coefficient (Wildman–Crippen LogP) is 0.870. The molecule has 2 aliphatic heterocycles. The molecule has 0 aromatic heterocycles. The van der Waals surface area contributed by atoms with Gasteiger partial charge < -0.3 is 14.2 Å². The molecule has 126 valence electrons. The minimum absolute atomic E-state index is 0.139. The number of amides is 1. The van der Waals surface area contributed by atoms with E-state index in [1.54, 1.807) is 0 Å². The van der Waals surface area contributed by atoms with Crippen molar-refractivity contribution >= 4 is 12.1 Å². The summed E-state index contributed by atoms with van der Waals surface area (Å²) in [6.07, 6.45) is 0.116. The van der Waals surface area contributed by atoms with Crippen LogP contribution in [0.4, 0.5) is 4.79 Å². The maximum atomic E-state index is 12.4. The fourth-order valence-electron chi connectivity index (χ4n) is 2.90. The van der Waals surface area contributed by atoms with Crippen LogP contribution >= 0.6 is 0 Å². The summed E-state index contributed by atoms with van der Waals surface area (Å²) in [4.78, 5) is 28.1. The standard InChI is InChI=1S/C15H26N2O5/c1-15(2,3)22-14(19)17-10-11(9-12(17)13(18)20-4)16-5-7-21-8-6-16/h11-12H,5-10H2,1-4H3/t11?,12-/m0/s1. The molecule has 0 radical (unpaired) electrons. The number of esters is 1. The van der Waals surface area contributed by atoms with E-state index in [4.69, 9.17) is 14.2 Å². The van der Waals surface area contributed by atoms with Gasteiger partial charge in [0.1, 0.15) is 11.6 Å². The first-order chi connectivity index (χ1) is 10.3. The van der Waals surface area contributed by atoms with E-state index >= 15 is 0 Å². The molecule has 1 amide bonds. The predicted molar refractivity (Wildman–Crippen MR) is 79.5 cm³/mol. The fraction of sp³-hybridized carbons (Fsp3) is 0.867. The second-order valence-electron chi connectivity index (χ2n) is 6.71. The summed E-state index contributed by atoms with van der Waals surface area (Å²) in [6.45, 7) is 8.93. The molecule has 0 bridgehead atoms. The Morgan fingerprint density at radius 2 is 1.82 bits per heavy atom. The van der Waals surface area contributed by atoms with E-state index in [0.717, 1.165) is 13.1 Å². The van der Waals surface area contributed by atoms with Crippen LogP contribution in [-0.2, 0) is 19.0 Å². The van der Waals surface area contributed by atoms with Crippen LogP contribution in [0.15, 0.2) is 0 Å². The lowest BCUT2D eigenvalue weighted by Gasteiger charge is -2.32. The number of ether oxygens (including phenoxy) is 3. The summed E-state index contributed by atoms with van der Waals surface area (Å²) in [5.41, 5.74) is -0.588. The van der Waals surface area contributed by atoms with Crippen LogP contribution in [-0.4, -0.2) is 79.5 Å². The van der Waals surface area contributed by atoms with E-state index < -0.39 is 17.7 Å². The van der Waals surface area contributed by atoms with E-state index in [2.05, 4.69) is 4.90 Å². The van der Waals surface area contributed by atoms with Crippen LogP contribution in [0.3, 0.4) is 0 Å². The Bertz CT molecular complexity index is 415. The van der Waals surface area contributed by atoms with Crippen LogP contribution in [0, 0.1) is 0 Å². The summed E-state index contributed by atoms with van der Waals surface area (Å²) in [5.74, 6) is -0.387. The van der Waals surface area contributed by atoms with Gasteiger partial charge in [0, 0.05) is 25.7 Å². The topological polar surface area (TPSA) is 68.3 Å². The lowest BCUT2D eigenvalue weighted by Crippen LogP contribution is -2.46. The second-order valence-corrected chi connectivity index (χ2v) is 6.71. The number of hydrogen-bond donors (Lipinski definition) is 0. The molecule has 2 rings (SSSR count). The number of hydrogen-bond acceptors (Lipinski definition) is 6. The number of carbonyl (C=O) groups is 2. The molecule has 2 atom stereocenters. The van der Waals surface area contributed by atoms with E-state index in [9.17, 15) is 9.59 Å². The fourth-order valence-corrected chi connectivity index (χ4v) is 2.90. The lowest BCUT2D eigenvalue weighted by molar-refractivity contribution is -0.145. The second kappa shape index (κ2) is 6.83. The number of carbonyl (C=O) groups excluding carboxylic acids is 2. The van der Waals surface area contributed by atoms with Gasteiger partial charge in [-0.25, -0.2) is 9.59 Å². The lowest BCUT2D eigenvalue weighted by atomic mass is 10.1. The van der Waals surface area contributed by atoms with Gasteiger partial charge in [-0.05, 0) is 27.2 Å². The smallest absolute Gasteiger partial charge is 0.411 e. The normalized spacial score (nSPS) is 26.8. The Kier molecular flexibility index (Phi) is 5.28. The van der Waals surface area contributed by atoms with Crippen LogP contribution in [0.25, 0.3) is 0 Å². The van der Waals surface area contributed by atoms with Crippen molar-refractivity contribution in [1.82, 2.24) is 9.80 Å². The van der Waals surface area contributed by atoms with Crippen LogP contribution in [0.2, 0.25) is 0 Å². The molecule has 2 heterocycles. The number of nitrogens with zero attached hydrogens (tertiary/aromatic N) is 2. The zero-order valence-corrected chi connectivity index (χ0v) is 13.8. The third kappa shape index (κ3) is 4.10. The molecule has 0 aromatic rings. The Balaban J connectivity index is 2.07. The molecular formula is C15H26N2O5. The van der Waals surface area contributed by atoms with Crippen molar-refractivity contribution < 1.29 is 23.8 Å². The summed E-state index contributed by atoms with van der Waals surface area (Å²) >= 11 is 0. The quantitative estimate of drug-likeness (QED) is 0.705. The molecule has 2 saturated heterocycles. The van der Waals surface area contributed by atoms with Crippen LogP contribution in [0.5, 0.6) is 0 Å². The highest BCUT2D eigenvalue weighted by Gasteiger charge is 2.44. The minimum Gasteiger partial charge on any atom is -0.467 e. The van der Waals surface area contributed by atoms with Crippen molar-refractivity contribution in [3.63, 3.8) is 0 Å². The van der Waals surface area contributed by atoms with Crippen molar-refractivity contribution in [2.75, 3.05) is 40.0 Å². The molecule has 22 heavy (non-hydrogen) atoms. The van der Waals surface area contributed by atoms with Gasteiger partial charge in [-0.1, -0.05) is 0 Å². The highest BCUT2D eigenvalue weighted by molar-refractivity contribution is 5.82. The van der Waals surface area contributed by atoms with E-state index in [-0.39, 0.29) is 12.0 Å². The Morgan fingerprint density at radius 3 is 2.36 bits per heavy atom. The molecule has 0 spiro atoms. The van der Waals surface area contributed by atoms with Crippen LogP contribution in [0.1, 0.15) is 27.2 Å². The molecule has 2 aliphatic rings. The van der Waals surface area contributed by atoms with E-state index in [0.29, 0.717) is 26.2 Å². The monoisotopic (exact) mass is 314 g/mol. The number of methoxy groups -OCH3 is 1. The Morgan fingerprint density at radius 1 is 1.18 bits per heavy atom. The van der Waals surface area contributed by atoms with Gasteiger partial charge in [0.2, 0.25) is 0 Å². The SMILES string of the molecule is COC(=O)[C@@H]1CC(N2CCOCC2)CN1C(=O)OC(C)(C)C. The van der Waals surface area contributed by atoms with E-state index in [1.807, 2.05) is 20.8 Å². The Labute approximate surface area is 131 Å². The van der Waals surface area contributed by atoms with Crippen molar-refractivity contribution in [3.05, 3.63) is 0 Å². The maximum absolute atomic E-state index is 12.4. The molecular weight excluding hydrogens is 288 g/mol. The van der Waals surface area contributed by atoms with Gasteiger partial charge in [0.05, 0.1) is 20.3 Å². The molecule has 2 fully saturated rings. The van der Waals surface area contributed by atoms with Gasteiger partial charge in [-0.3, -0.25) is 9.80 Å². The average molecular weight is 314 g/mol. The largest absolute Gasteiger partial charge is 0.467 e. The van der Waals surface area contributed by atoms with Crippen molar-refractivity contribution in [2.45, 2.75) is 44.9 Å². The minimum atomic E-state index is -0.588. The summed E-state index contributed by atoms with van der Waals surface area (Å²) in [7, 11) is 1.34. The summed E-state index contributed by atoms with van der Waals surface area (Å²) in [6, 6.07) is -0.437. The summed E-state index contributed by atoms with van der Waals surface area (Å²) in [5, 5.41) is 0. The molecule has 1 unspecified atom stereocenters. The summed E-state index contributed by atoms with van der Waals surface area (Å²) < 4.78 is 15.6. The molecule has 7 nitrogen and oxygen atoms in total. The van der Waals surface area contributed by atoms with Crippen LogP contribution < -0.4 is 0 Å². The van der Waals surface area contributed by atoms with E-state index in [1.165, 1.54) is 12.0 Å². The van der Waals surface area contributed by atoms with Crippen molar-refractivity contribution in [2.24, 2.45) is 0 Å². The first-order valence-electron chi connectivity index (χ1n) is 7.71. The first kappa shape index (κ1) is 17.0. The number of rotatable bonds is 2. The van der Waals surface area contributed by atoms with Gasteiger partial charge in [0.25, 0.3) is 0 Å². The zero-order chi connectivity index (χ0) is 16.3. The van der Waals surface area contributed by atoms with Gasteiger partial charge in [0.15, 0.2) is 0 Å². The zero-order valence-electron chi connectivity index (χ0n) is 13.8. The van der Waals surface area contributed by atoms with Gasteiger partial charge in [-0.15, -0.1) is 0 Å². The number of likely N-dealkylation sites (tertiary alicyclic amines) is 1. The first-order valence-corrected chi connectivity index (χ1v) is 7.71. The maximum Gasteiger partial charge on any atom is 0.411 e. The molecule has 7 heteroatoms. The van der Waals surface area contributed by atoms with Gasteiger partial charge in [-0.2, -0.15) is 0 Å². The molecule has 0 aromatic carbocycles. The van der Waals surface area contributed by atoms with Crippen molar-refractivity contribution in [1.29, 1.82) is 0 Å². The molecule has 0 saturated carbocycles. The molecule has 0 aliphatic carbocycles. The average Bonchev–Trinajstić information content (AvgIpc) is 2.91. The van der Waals surface area contributed by atoms with Gasteiger partial charge >= 0.3 is 12.1 Å². The highest BCUT2D eigenvalue weighted by Crippen LogP contribution is 2.26.